The van der Waals surface area contributed by atoms with E-state index < -0.39 is 18.1 Å². The molecular formula is C11H13F3N2O5. The molecule has 0 spiro atoms. The van der Waals surface area contributed by atoms with E-state index in [1.54, 1.807) is 24.3 Å². The third-order valence-corrected chi connectivity index (χ3v) is 1.48. The van der Waals surface area contributed by atoms with Crippen LogP contribution in [0, 0.1) is 0 Å². The van der Waals surface area contributed by atoms with Crippen molar-refractivity contribution in [3.8, 4) is 0 Å². The highest BCUT2D eigenvalue weighted by molar-refractivity contribution is 5.92. The summed E-state index contributed by atoms with van der Waals surface area (Å²) in [4.78, 5) is 28.6. The zero-order valence-corrected chi connectivity index (χ0v) is 10.5. The number of amides is 1. The van der Waals surface area contributed by atoms with Crippen molar-refractivity contribution >= 4 is 17.8 Å². The van der Waals surface area contributed by atoms with Crippen molar-refractivity contribution in [2.75, 3.05) is 6.54 Å². The van der Waals surface area contributed by atoms with Gasteiger partial charge in [-0.1, -0.05) is 18.2 Å². The Morgan fingerprint density at radius 2 is 1.38 bits per heavy atom. The number of hydrogen-bond donors (Lipinski definition) is 4. The number of alkyl halides is 3. The summed E-state index contributed by atoms with van der Waals surface area (Å²) in [6.07, 6.45) is -5.08. The maximum Gasteiger partial charge on any atom is 0.490 e. The van der Waals surface area contributed by atoms with E-state index in [0.29, 0.717) is 5.56 Å². The third kappa shape index (κ3) is 13.6. The second-order valence-corrected chi connectivity index (χ2v) is 3.13. The Morgan fingerprint density at radius 3 is 1.52 bits per heavy atom. The van der Waals surface area contributed by atoms with Gasteiger partial charge in [0.1, 0.15) is 0 Å². The Balaban J connectivity index is 0. The Labute approximate surface area is 117 Å². The van der Waals surface area contributed by atoms with E-state index in [0.717, 1.165) is 0 Å². The molecule has 0 radical (unpaired) electrons. The van der Waals surface area contributed by atoms with Crippen molar-refractivity contribution in [3.05, 3.63) is 35.9 Å². The summed E-state index contributed by atoms with van der Waals surface area (Å²) in [5.41, 5.74) is 10.1. The fourth-order valence-corrected chi connectivity index (χ4v) is 0.602. The molecule has 7 nitrogen and oxygen atoms in total. The van der Waals surface area contributed by atoms with E-state index in [4.69, 9.17) is 20.7 Å². The minimum Gasteiger partial charge on any atom is -0.480 e. The molecule has 1 amide bonds. The van der Waals surface area contributed by atoms with Crippen molar-refractivity contribution in [2.24, 2.45) is 11.5 Å². The Hall–Kier alpha value is -2.62. The molecule has 0 aliphatic heterocycles. The highest BCUT2D eigenvalue weighted by Gasteiger charge is 2.38. The monoisotopic (exact) mass is 310 g/mol. The van der Waals surface area contributed by atoms with Gasteiger partial charge in [0, 0.05) is 5.56 Å². The van der Waals surface area contributed by atoms with Gasteiger partial charge < -0.3 is 21.7 Å². The predicted molar refractivity (Wildman–Crippen MR) is 65.3 cm³/mol. The molecule has 0 heterocycles. The first kappa shape index (κ1) is 20.7. The second-order valence-electron chi connectivity index (χ2n) is 3.13. The van der Waals surface area contributed by atoms with Gasteiger partial charge in [-0.15, -0.1) is 0 Å². The Morgan fingerprint density at radius 1 is 1.05 bits per heavy atom. The molecule has 0 saturated heterocycles. The number of halogens is 3. The first-order chi connectivity index (χ1) is 9.52. The minimum absolute atomic E-state index is 0.278. The Bertz CT molecular complexity index is 463. The average Bonchev–Trinajstić information content (AvgIpc) is 2.40. The van der Waals surface area contributed by atoms with Crippen LogP contribution in [0.4, 0.5) is 13.2 Å². The quantitative estimate of drug-likeness (QED) is 0.624. The van der Waals surface area contributed by atoms with Crippen LogP contribution in [-0.4, -0.2) is 40.8 Å². The zero-order chi connectivity index (χ0) is 17.1. The standard InChI is InChI=1S/C7H7NO.C2HF3O2.C2H5NO2/c8-7(9)6-4-2-1-3-5-6;3-2(4,5)1(6)7;3-1-2(4)5/h1-5H,(H2,8,9);(H,6,7);1,3H2,(H,4,5). The van der Waals surface area contributed by atoms with E-state index in [2.05, 4.69) is 5.73 Å². The molecule has 1 rings (SSSR count). The first-order valence-electron chi connectivity index (χ1n) is 5.09. The van der Waals surface area contributed by atoms with E-state index in [-0.39, 0.29) is 12.5 Å². The van der Waals surface area contributed by atoms with Gasteiger partial charge in [0.05, 0.1) is 6.54 Å². The molecule has 1 aromatic rings. The van der Waals surface area contributed by atoms with Crippen LogP contribution in [-0.2, 0) is 9.59 Å². The number of carboxylic acids is 2. The van der Waals surface area contributed by atoms with Crippen LogP contribution < -0.4 is 11.5 Å². The summed E-state index contributed by atoms with van der Waals surface area (Å²) in [7, 11) is 0. The zero-order valence-electron chi connectivity index (χ0n) is 10.5. The molecule has 0 aliphatic carbocycles. The summed E-state index contributed by atoms with van der Waals surface area (Å²) in [6, 6.07) is 8.76. The van der Waals surface area contributed by atoms with E-state index in [1.807, 2.05) is 6.07 Å². The molecular weight excluding hydrogens is 297 g/mol. The molecule has 0 saturated carbocycles. The van der Waals surface area contributed by atoms with Gasteiger partial charge in [0.2, 0.25) is 5.91 Å². The highest BCUT2D eigenvalue weighted by Crippen LogP contribution is 2.13. The van der Waals surface area contributed by atoms with Crippen LogP contribution in [0.1, 0.15) is 10.4 Å². The second kappa shape index (κ2) is 10.2. The number of nitrogens with two attached hydrogens (primary N) is 2. The summed E-state index contributed by atoms with van der Waals surface area (Å²) in [6.45, 7) is -0.278. The van der Waals surface area contributed by atoms with Gasteiger partial charge in [-0.2, -0.15) is 13.2 Å². The fraction of sp³-hybridized carbons (Fsp3) is 0.182. The number of primary amides is 1. The number of hydrogen-bond acceptors (Lipinski definition) is 4. The molecule has 6 N–H and O–H groups in total. The number of benzene rings is 1. The van der Waals surface area contributed by atoms with Crippen molar-refractivity contribution in [1.82, 2.24) is 0 Å². The minimum atomic E-state index is -5.08. The smallest absolute Gasteiger partial charge is 0.480 e. The normalized spacial score (nSPS) is 9.33. The van der Waals surface area contributed by atoms with Crippen molar-refractivity contribution in [1.29, 1.82) is 0 Å². The van der Waals surface area contributed by atoms with Gasteiger partial charge in [0.15, 0.2) is 0 Å². The molecule has 21 heavy (non-hydrogen) atoms. The van der Waals surface area contributed by atoms with Gasteiger partial charge in [-0.05, 0) is 12.1 Å². The van der Waals surface area contributed by atoms with Crippen molar-refractivity contribution < 1.29 is 37.8 Å². The lowest BCUT2D eigenvalue weighted by molar-refractivity contribution is -0.192. The van der Waals surface area contributed by atoms with Gasteiger partial charge >= 0.3 is 18.1 Å². The van der Waals surface area contributed by atoms with Crippen molar-refractivity contribution in [2.45, 2.75) is 6.18 Å². The molecule has 0 fully saturated rings. The maximum atomic E-state index is 10.6. The summed E-state index contributed by atoms with van der Waals surface area (Å²) < 4.78 is 31.7. The number of aliphatic carboxylic acids is 2. The molecule has 1 aromatic carbocycles. The fourth-order valence-electron chi connectivity index (χ4n) is 0.602. The lowest BCUT2D eigenvalue weighted by Gasteiger charge is -1.93. The molecule has 0 bridgehead atoms. The number of carboxylic acid groups (broad SMARTS) is 2. The highest BCUT2D eigenvalue weighted by atomic mass is 19.4. The first-order valence-corrected chi connectivity index (χ1v) is 5.09. The van der Waals surface area contributed by atoms with Gasteiger partial charge in [-0.25, -0.2) is 4.79 Å². The van der Waals surface area contributed by atoms with Crippen molar-refractivity contribution in [3.63, 3.8) is 0 Å². The third-order valence-electron chi connectivity index (χ3n) is 1.48. The van der Waals surface area contributed by atoms with Gasteiger partial charge in [0.25, 0.3) is 0 Å². The van der Waals surface area contributed by atoms with Crippen LogP contribution in [0.15, 0.2) is 30.3 Å². The molecule has 0 aliphatic rings. The summed E-state index contributed by atoms with van der Waals surface area (Å²) in [5, 5.41) is 14.7. The number of carbonyl (C=O) groups is 3. The number of rotatable bonds is 2. The topological polar surface area (TPSA) is 144 Å². The van der Waals surface area contributed by atoms with Gasteiger partial charge in [-0.3, -0.25) is 9.59 Å². The average molecular weight is 310 g/mol. The predicted octanol–water partition coefficient (Wildman–Crippen LogP) is 0.448. The van der Waals surface area contributed by atoms with Crippen LogP contribution in [0.3, 0.4) is 0 Å². The van der Waals surface area contributed by atoms with Crippen LogP contribution >= 0.6 is 0 Å². The SMILES string of the molecule is NC(=O)c1ccccc1.NCC(=O)O.O=C(O)C(F)(F)F. The van der Waals surface area contributed by atoms with Crippen LogP contribution in [0.2, 0.25) is 0 Å². The molecule has 118 valence electrons. The van der Waals surface area contributed by atoms with E-state index in [9.17, 15) is 22.8 Å². The van der Waals surface area contributed by atoms with E-state index in [1.165, 1.54) is 0 Å². The number of carbonyl (C=O) groups excluding carboxylic acids is 1. The maximum absolute atomic E-state index is 10.6. The molecule has 10 heteroatoms. The molecule has 0 unspecified atom stereocenters. The van der Waals surface area contributed by atoms with Crippen LogP contribution in [0.5, 0.6) is 0 Å². The lowest BCUT2D eigenvalue weighted by atomic mass is 10.2. The molecule has 0 aromatic heterocycles. The van der Waals surface area contributed by atoms with E-state index >= 15 is 0 Å². The molecule has 0 atom stereocenters. The summed E-state index contributed by atoms with van der Waals surface area (Å²) >= 11 is 0. The van der Waals surface area contributed by atoms with Crippen LogP contribution in [0.25, 0.3) is 0 Å². The summed E-state index contributed by atoms with van der Waals surface area (Å²) in [5.74, 6) is -4.10. The lowest BCUT2D eigenvalue weighted by Crippen LogP contribution is -2.21. The Kier molecular flexibility index (Phi) is 10.1. The largest absolute Gasteiger partial charge is 0.490 e.